The molecule has 1 aromatic rings. The van der Waals surface area contributed by atoms with Crippen molar-refractivity contribution in [2.75, 3.05) is 24.5 Å². The van der Waals surface area contributed by atoms with Crippen molar-refractivity contribution in [3.8, 4) is 0 Å². The van der Waals surface area contributed by atoms with Gasteiger partial charge in [-0.1, -0.05) is 20.3 Å². The van der Waals surface area contributed by atoms with Crippen LogP contribution in [0.5, 0.6) is 0 Å². The number of hydrogen-bond acceptors (Lipinski definition) is 4. The van der Waals surface area contributed by atoms with Crippen LogP contribution in [0.1, 0.15) is 49.9 Å². The molecule has 0 radical (unpaired) electrons. The van der Waals surface area contributed by atoms with E-state index in [1.54, 1.807) is 12.1 Å². The van der Waals surface area contributed by atoms with Crippen molar-refractivity contribution in [1.29, 1.82) is 0 Å². The van der Waals surface area contributed by atoms with Gasteiger partial charge in [-0.3, -0.25) is 14.9 Å². The van der Waals surface area contributed by atoms with Crippen LogP contribution in [-0.2, 0) is 0 Å². The molecule has 1 heterocycles. The maximum absolute atomic E-state index is 12.1. The molecule has 0 unspecified atom stereocenters. The Morgan fingerprint density at radius 1 is 1.39 bits per heavy atom. The van der Waals surface area contributed by atoms with Gasteiger partial charge in [0, 0.05) is 31.3 Å². The van der Waals surface area contributed by atoms with Gasteiger partial charge in [-0.05, 0) is 37.3 Å². The molecule has 1 saturated heterocycles. The minimum absolute atomic E-state index is 0.0164. The first kappa shape index (κ1) is 17.2. The van der Waals surface area contributed by atoms with E-state index in [9.17, 15) is 14.9 Å². The molecule has 0 aromatic heterocycles. The molecule has 0 bridgehead atoms. The fourth-order valence-corrected chi connectivity index (χ4v) is 2.81. The summed E-state index contributed by atoms with van der Waals surface area (Å²) in [5, 5.41) is 14.2. The molecule has 2 rings (SSSR count). The number of amides is 1. The average Bonchev–Trinajstić information content (AvgIpc) is 2.55. The minimum Gasteiger partial charge on any atom is -0.366 e. The number of benzene rings is 1. The molecule has 0 aliphatic carbocycles. The van der Waals surface area contributed by atoms with Crippen LogP contribution >= 0.6 is 0 Å². The number of carbonyl (C=O) groups is 1. The largest absolute Gasteiger partial charge is 0.366 e. The third-order valence-electron chi connectivity index (χ3n) is 4.37. The number of carbonyl (C=O) groups excluding carboxylic acids is 1. The molecule has 1 aliphatic rings. The lowest BCUT2D eigenvalue weighted by Gasteiger charge is -2.31. The molecular weight excluding hydrogens is 294 g/mol. The molecule has 126 valence electrons. The Balaban J connectivity index is 2.18. The second kappa shape index (κ2) is 7.94. The van der Waals surface area contributed by atoms with Crippen molar-refractivity contribution in [2.45, 2.75) is 39.5 Å². The molecule has 0 atom stereocenters. The summed E-state index contributed by atoms with van der Waals surface area (Å²) >= 11 is 0. The summed E-state index contributed by atoms with van der Waals surface area (Å²) in [5.74, 6) is 0.411. The zero-order chi connectivity index (χ0) is 16.8. The Kier molecular flexibility index (Phi) is 5.96. The maximum Gasteiger partial charge on any atom is 0.293 e. The van der Waals surface area contributed by atoms with E-state index >= 15 is 0 Å². The van der Waals surface area contributed by atoms with Gasteiger partial charge in [-0.25, -0.2) is 0 Å². The van der Waals surface area contributed by atoms with E-state index in [-0.39, 0.29) is 11.6 Å². The van der Waals surface area contributed by atoms with Crippen LogP contribution in [0, 0.1) is 16.0 Å². The first-order valence-corrected chi connectivity index (χ1v) is 8.34. The number of hydrogen-bond donors (Lipinski definition) is 1. The van der Waals surface area contributed by atoms with Crippen molar-refractivity contribution in [1.82, 2.24) is 5.32 Å². The number of piperidine rings is 1. The Morgan fingerprint density at radius 3 is 2.70 bits per heavy atom. The normalized spacial score (nSPS) is 15.5. The van der Waals surface area contributed by atoms with Crippen molar-refractivity contribution < 1.29 is 9.72 Å². The molecular formula is C17H25N3O3. The first-order valence-electron chi connectivity index (χ1n) is 8.34. The number of unbranched alkanes of at least 4 members (excludes halogenated alkanes) is 1. The molecule has 0 saturated carbocycles. The van der Waals surface area contributed by atoms with Crippen molar-refractivity contribution in [3.05, 3.63) is 33.9 Å². The molecule has 6 heteroatoms. The lowest BCUT2D eigenvalue weighted by atomic mass is 9.98. The zero-order valence-corrected chi connectivity index (χ0v) is 13.9. The second-order valence-corrected chi connectivity index (χ2v) is 6.24. The van der Waals surface area contributed by atoms with Gasteiger partial charge >= 0.3 is 0 Å². The standard InChI is InChI=1S/C17H25N3O3/c1-3-4-9-18-17(21)14-5-6-15(16(12-14)20(22)23)19-10-7-13(2)8-11-19/h5-6,12-13H,3-4,7-11H2,1-2H3,(H,18,21). The van der Waals surface area contributed by atoms with Gasteiger partial charge < -0.3 is 10.2 Å². The molecule has 1 amide bonds. The topological polar surface area (TPSA) is 75.5 Å². The Bertz CT molecular complexity index is 566. The molecule has 1 aliphatic heterocycles. The smallest absolute Gasteiger partial charge is 0.293 e. The number of rotatable bonds is 6. The number of nitrogens with one attached hydrogen (secondary N) is 1. The quantitative estimate of drug-likeness (QED) is 0.495. The summed E-state index contributed by atoms with van der Waals surface area (Å²) in [6.07, 6.45) is 3.97. The van der Waals surface area contributed by atoms with Gasteiger partial charge in [0.25, 0.3) is 11.6 Å². The second-order valence-electron chi connectivity index (χ2n) is 6.24. The molecule has 6 nitrogen and oxygen atoms in total. The molecule has 23 heavy (non-hydrogen) atoms. The van der Waals surface area contributed by atoms with Crippen LogP contribution in [-0.4, -0.2) is 30.5 Å². The van der Waals surface area contributed by atoms with Gasteiger partial charge in [0.15, 0.2) is 0 Å². The molecule has 1 N–H and O–H groups in total. The van der Waals surface area contributed by atoms with Crippen LogP contribution in [0.25, 0.3) is 0 Å². The van der Waals surface area contributed by atoms with Gasteiger partial charge in [-0.15, -0.1) is 0 Å². The van der Waals surface area contributed by atoms with Crippen LogP contribution in [0.2, 0.25) is 0 Å². The molecule has 1 fully saturated rings. The van der Waals surface area contributed by atoms with Crippen LogP contribution in [0.4, 0.5) is 11.4 Å². The Hall–Kier alpha value is -2.11. The van der Waals surface area contributed by atoms with Gasteiger partial charge in [-0.2, -0.15) is 0 Å². The number of nitrogens with zero attached hydrogens (tertiary/aromatic N) is 2. The van der Waals surface area contributed by atoms with Crippen molar-refractivity contribution in [2.24, 2.45) is 5.92 Å². The maximum atomic E-state index is 12.1. The minimum atomic E-state index is -0.393. The highest BCUT2D eigenvalue weighted by atomic mass is 16.6. The fourth-order valence-electron chi connectivity index (χ4n) is 2.81. The predicted octanol–water partition coefficient (Wildman–Crippen LogP) is 3.36. The number of nitro benzene ring substituents is 1. The lowest BCUT2D eigenvalue weighted by molar-refractivity contribution is -0.384. The fraction of sp³-hybridized carbons (Fsp3) is 0.588. The Labute approximate surface area is 137 Å². The lowest BCUT2D eigenvalue weighted by Crippen LogP contribution is -2.33. The van der Waals surface area contributed by atoms with E-state index < -0.39 is 4.92 Å². The average molecular weight is 319 g/mol. The van der Waals surface area contributed by atoms with Crippen LogP contribution < -0.4 is 10.2 Å². The highest BCUT2D eigenvalue weighted by Gasteiger charge is 2.24. The number of nitro groups is 1. The summed E-state index contributed by atoms with van der Waals surface area (Å²) in [6, 6.07) is 4.79. The third-order valence-corrected chi connectivity index (χ3v) is 4.37. The number of anilines is 1. The Morgan fingerprint density at radius 2 is 2.09 bits per heavy atom. The van der Waals surface area contributed by atoms with Crippen LogP contribution in [0.15, 0.2) is 18.2 Å². The van der Waals surface area contributed by atoms with Gasteiger partial charge in [0.05, 0.1) is 4.92 Å². The third kappa shape index (κ3) is 4.43. The highest BCUT2D eigenvalue weighted by Crippen LogP contribution is 2.32. The monoisotopic (exact) mass is 319 g/mol. The molecule has 0 spiro atoms. The van der Waals surface area contributed by atoms with Crippen LogP contribution in [0.3, 0.4) is 0 Å². The molecule has 1 aromatic carbocycles. The van der Waals surface area contributed by atoms with Crippen molar-refractivity contribution in [3.63, 3.8) is 0 Å². The van der Waals surface area contributed by atoms with Gasteiger partial charge in [0.1, 0.15) is 5.69 Å². The summed E-state index contributed by atoms with van der Waals surface area (Å²) in [6.45, 7) is 6.49. The van der Waals surface area contributed by atoms with E-state index in [0.29, 0.717) is 23.7 Å². The zero-order valence-electron chi connectivity index (χ0n) is 13.9. The first-order chi connectivity index (χ1) is 11.0. The van der Waals surface area contributed by atoms with E-state index in [1.165, 1.54) is 6.07 Å². The predicted molar refractivity (Wildman–Crippen MR) is 90.9 cm³/mol. The van der Waals surface area contributed by atoms with E-state index in [0.717, 1.165) is 38.8 Å². The summed E-state index contributed by atoms with van der Waals surface area (Å²) in [4.78, 5) is 25.1. The highest BCUT2D eigenvalue weighted by molar-refractivity contribution is 5.95. The summed E-state index contributed by atoms with van der Waals surface area (Å²) < 4.78 is 0. The van der Waals surface area contributed by atoms with Crippen molar-refractivity contribution >= 4 is 17.3 Å². The van der Waals surface area contributed by atoms with E-state index in [1.807, 2.05) is 6.92 Å². The SMILES string of the molecule is CCCCNC(=O)c1ccc(N2CCC(C)CC2)c([N+](=O)[O-])c1. The van der Waals surface area contributed by atoms with E-state index in [2.05, 4.69) is 17.1 Å². The van der Waals surface area contributed by atoms with E-state index in [4.69, 9.17) is 0 Å². The summed E-state index contributed by atoms with van der Waals surface area (Å²) in [7, 11) is 0. The van der Waals surface area contributed by atoms with Gasteiger partial charge in [0.2, 0.25) is 0 Å². The summed E-state index contributed by atoms with van der Waals surface area (Å²) in [5.41, 5.74) is 0.983.